The van der Waals surface area contributed by atoms with Gasteiger partial charge in [0.25, 0.3) is 0 Å². The minimum absolute atomic E-state index is 0.120. The van der Waals surface area contributed by atoms with Crippen molar-refractivity contribution >= 4 is 11.9 Å². The van der Waals surface area contributed by atoms with Gasteiger partial charge in [0.1, 0.15) is 11.6 Å². The van der Waals surface area contributed by atoms with Crippen molar-refractivity contribution in [3.63, 3.8) is 0 Å². The average Bonchev–Trinajstić information content (AvgIpc) is 2.81. The topological polar surface area (TPSA) is 84.1 Å². The molecule has 0 bridgehead atoms. The number of anilines is 1. The van der Waals surface area contributed by atoms with E-state index in [9.17, 15) is 26.7 Å². The van der Waals surface area contributed by atoms with Gasteiger partial charge >= 0.3 is 0 Å². The molecule has 1 amide bonds. The van der Waals surface area contributed by atoms with E-state index in [0.29, 0.717) is 18.1 Å². The van der Waals surface area contributed by atoms with Gasteiger partial charge in [0, 0.05) is 31.6 Å². The van der Waals surface area contributed by atoms with Crippen molar-refractivity contribution in [3.8, 4) is 0 Å². The van der Waals surface area contributed by atoms with E-state index in [-0.39, 0.29) is 49.4 Å². The zero-order valence-electron chi connectivity index (χ0n) is 18.4. The molecule has 1 aliphatic rings. The summed E-state index contributed by atoms with van der Waals surface area (Å²) in [6.45, 7) is 0.343. The fourth-order valence-corrected chi connectivity index (χ4v) is 4.12. The molecule has 0 unspecified atom stereocenters. The van der Waals surface area contributed by atoms with Crippen LogP contribution in [0.2, 0.25) is 0 Å². The summed E-state index contributed by atoms with van der Waals surface area (Å²) in [6.07, 6.45) is 2.04. The zero-order valence-corrected chi connectivity index (χ0v) is 18.4. The summed E-state index contributed by atoms with van der Waals surface area (Å²) in [4.78, 5) is 22.4. The van der Waals surface area contributed by atoms with Crippen LogP contribution in [0.5, 0.6) is 0 Å². The third-order valence-electron chi connectivity index (χ3n) is 5.85. The zero-order chi connectivity index (χ0) is 25.1. The Morgan fingerprint density at radius 3 is 2.46 bits per heavy atom. The van der Waals surface area contributed by atoms with E-state index in [2.05, 4.69) is 15.3 Å². The van der Waals surface area contributed by atoms with E-state index in [4.69, 9.17) is 5.73 Å². The molecular weight excluding hydrogens is 469 g/mol. The van der Waals surface area contributed by atoms with E-state index in [1.54, 1.807) is 6.07 Å². The van der Waals surface area contributed by atoms with E-state index in [1.807, 2.05) is 0 Å². The Hall–Kier alpha value is -3.60. The number of nitrogens with one attached hydrogen (secondary N) is 1. The summed E-state index contributed by atoms with van der Waals surface area (Å²) >= 11 is 0. The number of nitrogens with zero attached hydrogens (tertiary/aromatic N) is 3. The number of benzene rings is 2. The molecule has 0 radical (unpaired) electrons. The maximum atomic E-state index is 14.0. The molecular formula is C24H22F5N5O. The van der Waals surface area contributed by atoms with Crippen molar-refractivity contribution in [1.82, 2.24) is 14.9 Å². The van der Waals surface area contributed by atoms with Crippen molar-refractivity contribution < 1.29 is 26.7 Å². The lowest BCUT2D eigenvalue weighted by Crippen LogP contribution is -2.49. The summed E-state index contributed by atoms with van der Waals surface area (Å²) in [7, 11) is 0. The second-order valence-corrected chi connectivity index (χ2v) is 8.42. The molecule has 0 spiro atoms. The maximum absolute atomic E-state index is 14.0. The monoisotopic (exact) mass is 491 g/mol. The molecule has 35 heavy (non-hydrogen) atoms. The molecule has 4 rings (SSSR count). The Labute approximate surface area is 198 Å². The van der Waals surface area contributed by atoms with Crippen LogP contribution in [0.15, 0.2) is 42.7 Å². The van der Waals surface area contributed by atoms with Crippen molar-refractivity contribution in [3.05, 3.63) is 88.5 Å². The first kappa shape index (κ1) is 24.5. The number of hydrogen-bond acceptors (Lipinski definition) is 5. The second kappa shape index (κ2) is 10.3. The predicted octanol–water partition coefficient (Wildman–Crippen LogP) is 3.50. The van der Waals surface area contributed by atoms with Crippen LogP contribution in [-0.2, 0) is 24.2 Å². The first-order valence-electron chi connectivity index (χ1n) is 10.9. The van der Waals surface area contributed by atoms with Crippen LogP contribution in [0, 0.1) is 29.1 Å². The van der Waals surface area contributed by atoms with Gasteiger partial charge < -0.3 is 16.0 Å². The van der Waals surface area contributed by atoms with E-state index >= 15 is 0 Å². The predicted molar refractivity (Wildman–Crippen MR) is 118 cm³/mol. The van der Waals surface area contributed by atoms with Gasteiger partial charge in [-0.3, -0.25) is 4.79 Å². The lowest BCUT2D eigenvalue weighted by Gasteiger charge is -2.37. The van der Waals surface area contributed by atoms with Gasteiger partial charge in [-0.2, -0.15) is 0 Å². The molecule has 184 valence electrons. The summed E-state index contributed by atoms with van der Waals surface area (Å²) < 4.78 is 67.6. The number of amides is 1. The van der Waals surface area contributed by atoms with Gasteiger partial charge in [-0.15, -0.1) is 0 Å². The molecule has 1 aromatic heterocycles. The van der Waals surface area contributed by atoms with E-state index in [0.717, 1.165) is 24.0 Å². The van der Waals surface area contributed by atoms with Crippen molar-refractivity contribution in [2.24, 2.45) is 5.73 Å². The highest BCUT2D eigenvalue weighted by atomic mass is 19.2. The number of fused-ring (bicyclic) bond motifs is 1. The lowest BCUT2D eigenvalue weighted by atomic mass is 9.92. The van der Waals surface area contributed by atoms with Crippen LogP contribution < -0.4 is 11.1 Å². The van der Waals surface area contributed by atoms with E-state index < -0.39 is 35.1 Å². The van der Waals surface area contributed by atoms with Gasteiger partial charge in [-0.25, -0.2) is 31.9 Å². The van der Waals surface area contributed by atoms with Gasteiger partial charge in [0.05, 0.1) is 18.4 Å². The molecule has 2 aromatic carbocycles. The van der Waals surface area contributed by atoms with Crippen LogP contribution >= 0.6 is 0 Å². The van der Waals surface area contributed by atoms with Crippen molar-refractivity contribution in [2.75, 3.05) is 11.9 Å². The van der Waals surface area contributed by atoms with Crippen LogP contribution in [0.4, 0.5) is 27.9 Å². The highest BCUT2D eigenvalue weighted by Gasteiger charge is 2.31. The van der Waals surface area contributed by atoms with Crippen LogP contribution in [0.1, 0.15) is 23.1 Å². The Balaban J connectivity index is 1.48. The van der Waals surface area contributed by atoms with Crippen molar-refractivity contribution in [1.29, 1.82) is 0 Å². The molecule has 0 fully saturated rings. The Morgan fingerprint density at radius 2 is 1.71 bits per heavy atom. The number of aromatic nitrogens is 2. The fraction of sp³-hybridized carbons (Fsp3) is 0.292. The second-order valence-electron chi connectivity index (χ2n) is 8.42. The molecule has 3 aromatic rings. The minimum atomic E-state index is -1.31. The van der Waals surface area contributed by atoms with E-state index in [1.165, 1.54) is 17.0 Å². The van der Waals surface area contributed by atoms with Gasteiger partial charge in [0.2, 0.25) is 11.9 Å². The lowest BCUT2D eigenvalue weighted by molar-refractivity contribution is -0.134. The number of carbonyl (C=O) groups is 1. The highest BCUT2D eigenvalue weighted by Crippen LogP contribution is 2.26. The number of halogens is 5. The first-order chi connectivity index (χ1) is 16.7. The standard InChI is InChI=1S/C24H22F5N5O/c25-16-2-1-13-5-19(11-33-24-31-9-17(26)10-32-24)34(12-15(13)3-16)23(35)7-18(30)4-14-6-21(28)22(29)8-20(14)27/h1-3,6,8-10,18-19H,4-5,7,11-12,30H2,(H,31,32,33)/t18-,19+/m1/s1. The summed E-state index contributed by atoms with van der Waals surface area (Å²) in [5.41, 5.74) is 7.43. The molecule has 11 heteroatoms. The van der Waals surface area contributed by atoms with Gasteiger partial charge in [0.15, 0.2) is 17.5 Å². The maximum Gasteiger partial charge on any atom is 0.224 e. The van der Waals surface area contributed by atoms with Crippen LogP contribution in [0.25, 0.3) is 0 Å². The molecule has 0 aliphatic carbocycles. The van der Waals surface area contributed by atoms with Crippen LogP contribution in [0.3, 0.4) is 0 Å². The smallest absolute Gasteiger partial charge is 0.224 e. The average molecular weight is 491 g/mol. The molecule has 6 nitrogen and oxygen atoms in total. The molecule has 0 saturated heterocycles. The Kier molecular flexibility index (Phi) is 7.25. The number of carbonyl (C=O) groups excluding carboxylic acids is 1. The normalized spacial score (nSPS) is 16.1. The molecule has 0 saturated carbocycles. The molecule has 2 atom stereocenters. The Bertz CT molecular complexity index is 1220. The fourth-order valence-electron chi connectivity index (χ4n) is 4.12. The number of nitrogens with two attached hydrogens (primary N) is 1. The molecule has 1 aliphatic heterocycles. The summed E-state index contributed by atoms with van der Waals surface area (Å²) in [5, 5.41) is 2.97. The summed E-state index contributed by atoms with van der Waals surface area (Å²) in [5.74, 6) is -4.68. The largest absolute Gasteiger partial charge is 0.352 e. The van der Waals surface area contributed by atoms with Crippen LogP contribution in [-0.4, -0.2) is 39.4 Å². The third-order valence-corrected chi connectivity index (χ3v) is 5.85. The minimum Gasteiger partial charge on any atom is -0.352 e. The Morgan fingerprint density at radius 1 is 1.00 bits per heavy atom. The quantitative estimate of drug-likeness (QED) is 0.391. The SMILES string of the molecule is N[C@@H](CC(=O)N1Cc2cc(F)ccc2C[C@H]1CNc1ncc(F)cn1)Cc1cc(F)c(F)cc1F. The molecule has 2 heterocycles. The number of hydrogen-bond donors (Lipinski definition) is 2. The number of rotatable bonds is 7. The van der Waals surface area contributed by atoms with Crippen molar-refractivity contribution in [2.45, 2.75) is 37.9 Å². The highest BCUT2D eigenvalue weighted by molar-refractivity contribution is 5.77. The van der Waals surface area contributed by atoms with Gasteiger partial charge in [-0.1, -0.05) is 6.07 Å². The summed E-state index contributed by atoms with van der Waals surface area (Å²) in [6, 6.07) is 4.27. The first-order valence-corrected chi connectivity index (χ1v) is 10.9. The third kappa shape index (κ3) is 5.91. The van der Waals surface area contributed by atoms with Gasteiger partial charge in [-0.05, 0) is 47.7 Å². The molecule has 3 N–H and O–H groups in total.